The number of benzene rings is 2. The fourth-order valence-corrected chi connectivity index (χ4v) is 6.47. The number of carbonyl (C=O) groups excluding carboxylic acids is 2. The number of amides is 2. The van der Waals surface area contributed by atoms with Gasteiger partial charge in [0.1, 0.15) is 5.82 Å². The summed E-state index contributed by atoms with van der Waals surface area (Å²) in [4.78, 5) is 44.5. The molecule has 2 aliphatic heterocycles. The zero-order valence-corrected chi connectivity index (χ0v) is 25.8. The van der Waals surface area contributed by atoms with E-state index in [-0.39, 0.29) is 37.0 Å². The van der Waals surface area contributed by atoms with Gasteiger partial charge in [-0.1, -0.05) is 32.8 Å². The fourth-order valence-electron chi connectivity index (χ4n) is 6.47. The Kier molecular flexibility index (Phi) is 10.7. The number of aryl methyl sites for hydroxylation is 1. The first-order valence-electron chi connectivity index (χ1n) is 15.2. The van der Waals surface area contributed by atoms with E-state index in [0.29, 0.717) is 42.3 Å². The van der Waals surface area contributed by atoms with Gasteiger partial charge in [-0.2, -0.15) is 0 Å². The largest absolute Gasteiger partial charge is 0.481 e. The average molecular weight is 598 g/mol. The Morgan fingerprint density at radius 1 is 1.07 bits per heavy atom. The standard InChI is InChI=1S/C33H44FN3O6/c1-6-8-24(9-7-2)37(25-11-12-27(34)21(3)16-25)31(39)19-36-18-26(23-10-13-29-30(17-23)43-20-42-29)32(33(40)41)28(36)14-15-35(5)22(4)38/h10-13,16-17,24,26,28,32H,6-9,14-15,18-20H2,1-5H3,(H,40,41)/t26-,28+,32?/m1/s1. The molecule has 3 atom stereocenters. The molecule has 2 aliphatic rings. The Morgan fingerprint density at radius 3 is 2.40 bits per heavy atom. The molecule has 1 unspecified atom stereocenters. The smallest absolute Gasteiger partial charge is 0.308 e. The third-order valence-corrected chi connectivity index (χ3v) is 8.79. The number of carboxylic acids is 1. The van der Waals surface area contributed by atoms with Crippen molar-refractivity contribution in [3.63, 3.8) is 0 Å². The Morgan fingerprint density at radius 2 is 1.77 bits per heavy atom. The minimum absolute atomic E-state index is 0.000360. The first-order chi connectivity index (χ1) is 20.5. The highest BCUT2D eigenvalue weighted by Gasteiger charge is 2.47. The maximum absolute atomic E-state index is 14.3. The van der Waals surface area contributed by atoms with Crippen molar-refractivity contribution in [3.8, 4) is 11.5 Å². The SMILES string of the molecule is CCCC(CCC)N(C(=O)CN1C[C@H](c2ccc3c(c2)OCO3)C(C(=O)O)[C@@H]1CCN(C)C(C)=O)c1ccc(F)c(C)c1. The zero-order chi connectivity index (χ0) is 31.3. The Balaban J connectivity index is 1.70. The van der Waals surface area contributed by atoms with Crippen LogP contribution in [0.1, 0.15) is 69.9 Å². The van der Waals surface area contributed by atoms with E-state index >= 15 is 0 Å². The topological polar surface area (TPSA) is 99.6 Å². The van der Waals surface area contributed by atoms with Crippen molar-refractivity contribution in [2.45, 2.75) is 77.8 Å². The van der Waals surface area contributed by atoms with E-state index in [1.807, 2.05) is 17.0 Å². The van der Waals surface area contributed by atoms with E-state index in [1.165, 1.54) is 13.0 Å². The van der Waals surface area contributed by atoms with Crippen LogP contribution < -0.4 is 14.4 Å². The van der Waals surface area contributed by atoms with Crippen LogP contribution >= 0.6 is 0 Å². The third kappa shape index (κ3) is 7.29. The summed E-state index contributed by atoms with van der Waals surface area (Å²) in [6.45, 7) is 8.14. The van der Waals surface area contributed by atoms with E-state index in [2.05, 4.69) is 13.8 Å². The Bertz CT molecular complexity index is 1310. The lowest BCUT2D eigenvalue weighted by Gasteiger charge is -2.35. The molecule has 0 saturated carbocycles. The number of rotatable bonds is 13. The second-order valence-electron chi connectivity index (χ2n) is 11.7. The zero-order valence-electron chi connectivity index (χ0n) is 25.8. The summed E-state index contributed by atoms with van der Waals surface area (Å²) in [6, 6.07) is 9.68. The molecule has 43 heavy (non-hydrogen) atoms. The van der Waals surface area contributed by atoms with E-state index in [9.17, 15) is 23.9 Å². The monoisotopic (exact) mass is 597 g/mol. The normalized spacial score (nSPS) is 19.6. The number of nitrogens with zero attached hydrogens (tertiary/aromatic N) is 3. The maximum atomic E-state index is 14.3. The summed E-state index contributed by atoms with van der Waals surface area (Å²) in [6.07, 6.45) is 3.74. The first kappa shape index (κ1) is 32.3. The number of aliphatic carboxylic acids is 1. The number of halogens is 1. The van der Waals surface area contributed by atoms with Gasteiger partial charge in [-0.3, -0.25) is 19.3 Å². The van der Waals surface area contributed by atoms with Gasteiger partial charge in [0.25, 0.3) is 0 Å². The quantitative estimate of drug-likeness (QED) is 0.339. The molecule has 2 aromatic carbocycles. The lowest BCUT2D eigenvalue weighted by Crippen LogP contribution is -2.48. The molecule has 2 aromatic rings. The van der Waals surface area contributed by atoms with Crippen LogP contribution in [0.25, 0.3) is 0 Å². The molecule has 2 amide bonds. The van der Waals surface area contributed by atoms with Gasteiger partial charge in [-0.25, -0.2) is 4.39 Å². The van der Waals surface area contributed by atoms with Gasteiger partial charge in [-0.15, -0.1) is 0 Å². The van der Waals surface area contributed by atoms with Gasteiger partial charge in [0.15, 0.2) is 11.5 Å². The van der Waals surface area contributed by atoms with Crippen LogP contribution in [0, 0.1) is 18.7 Å². The molecule has 234 valence electrons. The predicted octanol–water partition coefficient (Wildman–Crippen LogP) is 5.20. The van der Waals surface area contributed by atoms with Crippen molar-refractivity contribution in [2.24, 2.45) is 5.92 Å². The molecule has 9 nitrogen and oxygen atoms in total. The van der Waals surface area contributed by atoms with Gasteiger partial charge in [0.2, 0.25) is 18.6 Å². The van der Waals surface area contributed by atoms with E-state index in [0.717, 1.165) is 31.2 Å². The van der Waals surface area contributed by atoms with Crippen molar-refractivity contribution in [2.75, 3.05) is 38.4 Å². The number of carbonyl (C=O) groups is 3. The molecule has 0 aromatic heterocycles. The van der Waals surface area contributed by atoms with Crippen LogP contribution in [0.15, 0.2) is 36.4 Å². The van der Waals surface area contributed by atoms with Crippen LogP contribution in [-0.4, -0.2) is 78.2 Å². The van der Waals surface area contributed by atoms with Crippen LogP contribution in [0.2, 0.25) is 0 Å². The van der Waals surface area contributed by atoms with Crippen LogP contribution in [0.4, 0.5) is 10.1 Å². The third-order valence-electron chi connectivity index (χ3n) is 8.79. The van der Waals surface area contributed by atoms with Gasteiger partial charge in [0, 0.05) is 50.7 Å². The highest BCUT2D eigenvalue weighted by Crippen LogP contribution is 2.43. The second-order valence-corrected chi connectivity index (χ2v) is 11.7. The maximum Gasteiger partial charge on any atom is 0.308 e. The predicted molar refractivity (Wildman–Crippen MR) is 162 cm³/mol. The Hall–Kier alpha value is -3.66. The molecule has 1 fully saturated rings. The van der Waals surface area contributed by atoms with Crippen LogP contribution in [0.5, 0.6) is 11.5 Å². The van der Waals surface area contributed by atoms with Crippen molar-refractivity contribution in [1.29, 1.82) is 0 Å². The summed E-state index contributed by atoms with van der Waals surface area (Å²) in [7, 11) is 1.69. The van der Waals surface area contributed by atoms with Crippen LogP contribution in [-0.2, 0) is 14.4 Å². The summed E-state index contributed by atoms with van der Waals surface area (Å²) in [5, 5.41) is 10.5. The number of likely N-dealkylation sites (tertiary alicyclic amines) is 1. The minimum atomic E-state index is -0.950. The van der Waals surface area contributed by atoms with Crippen molar-refractivity contribution in [1.82, 2.24) is 9.80 Å². The summed E-state index contributed by atoms with van der Waals surface area (Å²) in [5.41, 5.74) is 1.91. The molecule has 0 bridgehead atoms. The summed E-state index contributed by atoms with van der Waals surface area (Å²) < 4.78 is 25.3. The fraction of sp³-hybridized carbons (Fsp3) is 0.545. The highest BCUT2D eigenvalue weighted by atomic mass is 19.1. The second kappa shape index (κ2) is 14.2. The van der Waals surface area contributed by atoms with Gasteiger partial charge < -0.3 is 24.4 Å². The lowest BCUT2D eigenvalue weighted by molar-refractivity contribution is -0.143. The van der Waals surface area contributed by atoms with Crippen molar-refractivity contribution < 1.29 is 33.4 Å². The van der Waals surface area contributed by atoms with Gasteiger partial charge >= 0.3 is 5.97 Å². The van der Waals surface area contributed by atoms with Crippen molar-refractivity contribution in [3.05, 3.63) is 53.3 Å². The minimum Gasteiger partial charge on any atom is -0.481 e. The molecule has 0 radical (unpaired) electrons. The molecule has 4 rings (SSSR count). The summed E-state index contributed by atoms with van der Waals surface area (Å²) >= 11 is 0. The molecule has 1 saturated heterocycles. The van der Waals surface area contributed by atoms with Crippen LogP contribution in [0.3, 0.4) is 0 Å². The van der Waals surface area contributed by atoms with Gasteiger partial charge in [-0.05, 0) is 67.6 Å². The van der Waals surface area contributed by atoms with E-state index in [4.69, 9.17) is 9.47 Å². The lowest BCUT2D eigenvalue weighted by atomic mass is 9.84. The molecule has 1 N–H and O–H groups in total. The molecule has 0 aliphatic carbocycles. The molecular weight excluding hydrogens is 553 g/mol. The van der Waals surface area contributed by atoms with E-state index in [1.54, 1.807) is 42.0 Å². The molecular formula is C33H44FN3O6. The number of fused-ring (bicyclic) bond motifs is 1. The molecule has 0 spiro atoms. The number of ether oxygens (including phenoxy) is 2. The highest BCUT2D eigenvalue weighted by molar-refractivity contribution is 5.95. The number of anilines is 1. The Labute approximate surface area is 253 Å². The number of hydrogen-bond donors (Lipinski definition) is 1. The van der Waals surface area contributed by atoms with Crippen molar-refractivity contribution >= 4 is 23.5 Å². The first-order valence-corrected chi connectivity index (χ1v) is 15.2. The average Bonchev–Trinajstić information content (AvgIpc) is 3.58. The van der Waals surface area contributed by atoms with Gasteiger partial charge in [0.05, 0.1) is 12.5 Å². The van der Waals surface area contributed by atoms with E-state index < -0.39 is 23.8 Å². The molecule has 10 heteroatoms. The molecule has 2 heterocycles. The number of carboxylic acid groups (broad SMARTS) is 1. The number of hydrogen-bond acceptors (Lipinski definition) is 6. The summed E-state index contributed by atoms with van der Waals surface area (Å²) in [5.74, 6) is -1.57.